The highest BCUT2D eigenvalue weighted by Gasteiger charge is 2.30. The Morgan fingerprint density at radius 3 is 2.59 bits per heavy atom. The highest BCUT2D eigenvalue weighted by atomic mass is 35.5. The molecule has 1 aromatic rings. The summed E-state index contributed by atoms with van der Waals surface area (Å²) in [6.45, 7) is 2.92. The Kier molecular flexibility index (Phi) is 7.51. The van der Waals surface area contributed by atoms with Crippen molar-refractivity contribution in [2.75, 3.05) is 18.4 Å². The van der Waals surface area contributed by atoms with Gasteiger partial charge in [-0.25, -0.2) is 0 Å². The highest BCUT2D eigenvalue weighted by molar-refractivity contribution is 6.33. The van der Waals surface area contributed by atoms with Gasteiger partial charge in [0, 0.05) is 19.5 Å². The summed E-state index contributed by atoms with van der Waals surface area (Å²) in [5.74, 6) is -0.133. The van der Waals surface area contributed by atoms with E-state index < -0.39 is 11.7 Å². The second-order valence-corrected chi connectivity index (χ2v) is 5.33. The van der Waals surface area contributed by atoms with Gasteiger partial charge in [0.2, 0.25) is 5.91 Å². The summed E-state index contributed by atoms with van der Waals surface area (Å²) >= 11 is 5.85. The second-order valence-electron chi connectivity index (χ2n) is 4.93. The molecule has 0 saturated carbocycles. The predicted molar refractivity (Wildman–Crippen MR) is 82.1 cm³/mol. The van der Waals surface area contributed by atoms with Gasteiger partial charge in [0.05, 0.1) is 16.3 Å². The third-order valence-electron chi connectivity index (χ3n) is 3.06. The van der Waals surface area contributed by atoms with Crippen molar-refractivity contribution >= 4 is 23.2 Å². The van der Waals surface area contributed by atoms with E-state index in [4.69, 9.17) is 11.6 Å². The van der Waals surface area contributed by atoms with E-state index in [9.17, 15) is 18.0 Å². The molecular weight excluding hydrogens is 317 g/mol. The lowest BCUT2D eigenvalue weighted by atomic mass is 10.2. The van der Waals surface area contributed by atoms with Crippen LogP contribution in [0, 0.1) is 0 Å². The van der Waals surface area contributed by atoms with Crippen LogP contribution < -0.4 is 10.6 Å². The normalized spacial score (nSPS) is 11.3. The maximum absolute atomic E-state index is 12.6. The first-order valence-corrected chi connectivity index (χ1v) is 7.59. The van der Waals surface area contributed by atoms with Gasteiger partial charge in [0.15, 0.2) is 0 Å². The van der Waals surface area contributed by atoms with Crippen molar-refractivity contribution in [3.8, 4) is 0 Å². The number of unbranched alkanes of at least 4 members (excludes halogenated alkanes) is 2. The summed E-state index contributed by atoms with van der Waals surface area (Å²) in [5.41, 5.74) is -0.598. The van der Waals surface area contributed by atoms with Crippen molar-refractivity contribution in [3.63, 3.8) is 0 Å². The monoisotopic (exact) mass is 336 g/mol. The van der Waals surface area contributed by atoms with Crippen molar-refractivity contribution in [3.05, 3.63) is 28.8 Å². The van der Waals surface area contributed by atoms with Gasteiger partial charge in [-0.15, -0.1) is 0 Å². The predicted octanol–water partition coefficient (Wildman–Crippen LogP) is 4.47. The summed E-state index contributed by atoms with van der Waals surface area (Å²) in [6.07, 6.45) is -1.19. The van der Waals surface area contributed by atoms with Crippen LogP contribution in [-0.2, 0) is 11.0 Å². The first-order chi connectivity index (χ1) is 10.3. The molecule has 0 aliphatic heterocycles. The average Bonchev–Trinajstić information content (AvgIpc) is 2.44. The zero-order valence-electron chi connectivity index (χ0n) is 12.4. The van der Waals surface area contributed by atoms with E-state index in [0.29, 0.717) is 6.54 Å². The number of carbonyl (C=O) groups excluding carboxylic acids is 1. The van der Waals surface area contributed by atoms with Crippen molar-refractivity contribution < 1.29 is 18.0 Å². The Labute approximate surface area is 133 Å². The molecular formula is C15H20ClF3N2O. The fourth-order valence-electron chi connectivity index (χ4n) is 1.84. The summed E-state index contributed by atoms with van der Waals surface area (Å²) in [5, 5.41) is 5.72. The van der Waals surface area contributed by atoms with Gasteiger partial charge in [-0.1, -0.05) is 31.4 Å². The Bertz CT molecular complexity index is 492. The molecule has 22 heavy (non-hydrogen) atoms. The Balaban J connectivity index is 2.43. The first-order valence-electron chi connectivity index (χ1n) is 7.22. The Hall–Kier alpha value is -1.43. The van der Waals surface area contributed by atoms with E-state index in [1.807, 2.05) is 0 Å². The van der Waals surface area contributed by atoms with Crippen LogP contribution in [-0.4, -0.2) is 19.0 Å². The van der Waals surface area contributed by atoms with Crippen LogP contribution in [0.1, 0.15) is 38.2 Å². The molecule has 1 aromatic carbocycles. The van der Waals surface area contributed by atoms with Crippen molar-refractivity contribution in [1.82, 2.24) is 5.32 Å². The number of alkyl halides is 3. The van der Waals surface area contributed by atoms with Crippen LogP contribution in [0.3, 0.4) is 0 Å². The van der Waals surface area contributed by atoms with E-state index in [0.717, 1.165) is 31.4 Å². The van der Waals surface area contributed by atoms with E-state index in [1.54, 1.807) is 0 Å². The number of hydrogen-bond donors (Lipinski definition) is 2. The van der Waals surface area contributed by atoms with E-state index in [-0.39, 0.29) is 29.6 Å². The third kappa shape index (κ3) is 6.56. The number of carbonyl (C=O) groups is 1. The molecule has 0 radical (unpaired) electrons. The molecule has 0 aromatic heterocycles. The van der Waals surface area contributed by atoms with Gasteiger partial charge in [-0.2, -0.15) is 13.2 Å². The molecule has 0 saturated heterocycles. The minimum atomic E-state index is -4.42. The summed E-state index contributed by atoms with van der Waals surface area (Å²) in [4.78, 5) is 11.5. The lowest BCUT2D eigenvalue weighted by Gasteiger charge is -2.12. The molecule has 0 spiro atoms. The second kappa shape index (κ2) is 8.88. The van der Waals surface area contributed by atoms with E-state index in [1.165, 1.54) is 6.07 Å². The molecule has 0 unspecified atom stereocenters. The van der Waals surface area contributed by atoms with Crippen LogP contribution in [0.2, 0.25) is 5.02 Å². The fourth-order valence-corrected chi connectivity index (χ4v) is 2.02. The quantitative estimate of drug-likeness (QED) is 0.688. The van der Waals surface area contributed by atoms with Crippen LogP contribution in [0.15, 0.2) is 18.2 Å². The van der Waals surface area contributed by atoms with Crippen LogP contribution in [0.5, 0.6) is 0 Å². The molecule has 2 N–H and O–H groups in total. The minimum Gasteiger partial charge on any atom is -0.383 e. The molecule has 7 heteroatoms. The Morgan fingerprint density at radius 2 is 1.95 bits per heavy atom. The first kappa shape index (κ1) is 18.6. The number of benzene rings is 1. The zero-order valence-corrected chi connectivity index (χ0v) is 13.2. The summed E-state index contributed by atoms with van der Waals surface area (Å²) in [6, 6.07) is 3.06. The van der Waals surface area contributed by atoms with Gasteiger partial charge in [0.25, 0.3) is 0 Å². The molecule has 0 atom stereocenters. The number of rotatable bonds is 8. The molecule has 0 bridgehead atoms. The SMILES string of the molecule is CCCCCNC(=O)CCNc1cc(C(F)(F)F)ccc1Cl. The largest absolute Gasteiger partial charge is 0.416 e. The maximum Gasteiger partial charge on any atom is 0.416 e. The standard InChI is InChI=1S/C15H20ClF3N2O/c1-2-3-4-8-21-14(22)7-9-20-13-10-11(15(17,18)19)5-6-12(13)16/h5-6,10,20H,2-4,7-9H2,1H3,(H,21,22). The molecule has 3 nitrogen and oxygen atoms in total. The topological polar surface area (TPSA) is 41.1 Å². The number of amides is 1. The molecule has 0 heterocycles. The van der Waals surface area contributed by atoms with Crippen molar-refractivity contribution in [2.24, 2.45) is 0 Å². The van der Waals surface area contributed by atoms with Gasteiger partial charge in [0.1, 0.15) is 0 Å². The molecule has 0 fully saturated rings. The van der Waals surface area contributed by atoms with E-state index >= 15 is 0 Å². The molecule has 0 aliphatic carbocycles. The summed E-state index contributed by atoms with van der Waals surface area (Å²) < 4.78 is 37.9. The minimum absolute atomic E-state index is 0.133. The van der Waals surface area contributed by atoms with Gasteiger partial charge < -0.3 is 10.6 Å². The smallest absolute Gasteiger partial charge is 0.383 e. The lowest BCUT2D eigenvalue weighted by Crippen LogP contribution is -2.26. The van der Waals surface area contributed by atoms with Crippen LogP contribution in [0.4, 0.5) is 18.9 Å². The third-order valence-corrected chi connectivity index (χ3v) is 3.39. The number of anilines is 1. The van der Waals surface area contributed by atoms with Gasteiger partial charge in [-0.05, 0) is 24.6 Å². The van der Waals surface area contributed by atoms with Crippen LogP contribution in [0.25, 0.3) is 0 Å². The number of nitrogens with one attached hydrogen (secondary N) is 2. The van der Waals surface area contributed by atoms with Gasteiger partial charge in [-0.3, -0.25) is 4.79 Å². The molecule has 1 amide bonds. The number of hydrogen-bond acceptors (Lipinski definition) is 2. The van der Waals surface area contributed by atoms with Crippen LogP contribution >= 0.6 is 11.6 Å². The molecule has 0 aliphatic rings. The molecule has 124 valence electrons. The molecule has 1 rings (SSSR count). The highest BCUT2D eigenvalue weighted by Crippen LogP contribution is 2.33. The average molecular weight is 337 g/mol. The van der Waals surface area contributed by atoms with E-state index in [2.05, 4.69) is 17.6 Å². The fraction of sp³-hybridized carbons (Fsp3) is 0.533. The Morgan fingerprint density at radius 1 is 1.23 bits per heavy atom. The van der Waals surface area contributed by atoms with Crippen molar-refractivity contribution in [2.45, 2.75) is 38.8 Å². The lowest BCUT2D eigenvalue weighted by molar-refractivity contribution is -0.137. The van der Waals surface area contributed by atoms with Crippen molar-refractivity contribution in [1.29, 1.82) is 0 Å². The van der Waals surface area contributed by atoms with Gasteiger partial charge >= 0.3 is 6.18 Å². The number of halogens is 4. The summed E-state index contributed by atoms with van der Waals surface area (Å²) in [7, 11) is 0. The zero-order chi connectivity index (χ0) is 16.6. The maximum atomic E-state index is 12.6.